The van der Waals surface area contributed by atoms with Crippen molar-refractivity contribution in [1.29, 1.82) is 0 Å². The lowest BCUT2D eigenvalue weighted by Crippen LogP contribution is -2.59. The molecule has 0 aliphatic heterocycles. The van der Waals surface area contributed by atoms with E-state index in [4.69, 9.17) is 5.73 Å². The Morgan fingerprint density at radius 1 is 1.00 bits per heavy atom. The van der Waals surface area contributed by atoms with E-state index in [-0.39, 0.29) is 5.91 Å². The van der Waals surface area contributed by atoms with Gasteiger partial charge in [-0.3, -0.25) is 4.79 Å². The lowest BCUT2D eigenvalue weighted by molar-refractivity contribution is -0.125. The van der Waals surface area contributed by atoms with Gasteiger partial charge < -0.3 is 11.1 Å². The maximum Gasteiger partial charge on any atom is 0.237 e. The van der Waals surface area contributed by atoms with Crippen molar-refractivity contribution in [2.24, 2.45) is 5.73 Å². The average molecular weight is 296 g/mol. The predicted molar refractivity (Wildman–Crippen MR) is 84.8 cm³/mol. The van der Waals surface area contributed by atoms with Crippen molar-refractivity contribution in [2.45, 2.75) is 92.7 Å². The van der Waals surface area contributed by atoms with Crippen molar-refractivity contribution in [1.82, 2.24) is 5.32 Å². The standard InChI is InChI=1S/C16H28N2OS/c17-15(19)16(18-12-8-9-12)10-4-7-14(11-16)20-13-5-2-1-3-6-13/h12-14,18H,1-11H2,(H2,17,19). The summed E-state index contributed by atoms with van der Waals surface area (Å²) in [5, 5.41) is 5.05. The van der Waals surface area contributed by atoms with Crippen LogP contribution in [0.4, 0.5) is 0 Å². The summed E-state index contributed by atoms with van der Waals surface area (Å²) in [7, 11) is 0. The van der Waals surface area contributed by atoms with E-state index in [9.17, 15) is 4.79 Å². The number of rotatable bonds is 5. The smallest absolute Gasteiger partial charge is 0.237 e. The molecule has 1 amide bonds. The molecule has 0 aromatic carbocycles. The maximum atomic E-state index is 12.0. The number of primary amides is 1. The Labute approximate surface area is 126 Å². The molecule has 0 radical (unpaired) electrons. The van der Waals surface area contributed by atoms with E-state index in [1.165, 1.54) is 51.4 Å². The molecule has 3 aliphatic carbocycles. The number of thioether (sulfide) groups is 1. The quantitative estimate of drug-likeness (QED) is 0.820. The van der Waals surface area contributed by atoms with Crippen LogP contribution in [0.15, 0.2) is 0 Å². The summed E-state index contributed by atoms with van der Waals surface area (Å²) < 4.78 is 0. The van der Waals surface area contributed by atoms with Crippen LogP contribution in [0.1, 0.15) is 70.6 Å². The van der Waals surface area contributed by atoms with Crippen LogP contribution in [0, 0.1) is 0 Å². The Morgan fingerprint density at radius 3 is 2.35 bits per heavy atom. The lowest BCUT2D eigenvalue weighted by Gasteiger charge is -2.40. The van der Waals surface area contributed by atoms with Gasteiger partial charge in [0, 0.05) is 16.5 Å². The number of carbonyl (C=O) groups excluding carboxylic acids is 1. The molecule has 0 heterocycles. The van der Waals surface area contributed by atoms with Crippen LogP contribution in [0.5, 0.6) is 0 Å². The number of hydrogen-bond acceptors (Lipinski definition) is 3. The number of nitrogens with two attached hydrogens (primary N) is 1. The van der Waals surface area contributed by atoms with E-state index >= 15 is 0 Å². The zero-order valence-electron chi connectivity index (χ0n) is 12.4. The van der Waals surface area contributed by atoms with E-state index in [1.807, 2.05) is 0 Å². The molecular formula is C16H28N2OS. The third-order valence-corrected chi connectivity index (χ3v) is 6.82. The fraction of sp³-hybridized carbons (Fsp3) is 0.938. The molecule has 3 rings (SSSR count). The summed E-state index contributed by atoms with van der Waals surface area (Å²) in [6.45, 7) is 0. The molecule has 3 fully saturated rings. The molecule has 114 valence electrons. The van der Waals surface area contributed by atoms with E-state index in [2.05, 4.69) is 17.1 Å². The number of hydrogen-bond donors (Lipinski definition) is 2. The van der Waals surface area contributed by atoms with Gasteiger partial charge in [-0.15, -0.1) is 0 Å². The maximum absolute atomic E-state index is 12.0. The SMILES string of the molecule is NC(=O)C1(NC2CC2)CCCC(SC2CCCCC2)C1. The molecule has 3 N–H and O–H groups in total. The molecule has 20 heavy (non-hydrogen) atoms. The number of nitrogens with one attached hydrogen (secondary N) is 1. The Kier molecular flexibility index (Phi) is 4.61. The minimum absolute atomic E-state index is 0.113. The molecule has 3 saturated carbocycles. The van der Waals surface area contributed by atoms with Crippen molar-refractivity contribution < 1.29 is 4.79 Å². The Balaban J connectivity index is 1.59. The summed E-state index contributed by atoms with van der Waals surface area (Å²) in [6, 6.07) is 0.556. The molecule has 0 aromatic rings. The van der Waals surface area contributed by atoms with Gasteiger partial charge in [0.05, 0.1) is 5.54 Å². The van der Waals surface area contributed by atoms with Gasteiger partial charge in [-0.25, -0.2) is 0 Å². The number of carbonyl (C=O) groups is 1. The van der Waals surface area contributed by atoms with Crippen LogP contribution in [0.25, 0.3) is 0 Å². The van der Waals surface area contributed by atoms with E-state index in [0.29, 0.717) is 11.3 Å². The minimum atomic E-state index is -0.397. The van der Waals surface area contributed by atoms with Gasteiger partial charge >= 0.3 is 0 Å². The molecule has 3 nitrogen and oxygen atoms in total. The van der Waals surface area contributed by atoms with Gasteiger partial charge in [-0.1, -0.05) is 19.3 Å². The Morgan fingerprint density at radius 2 is 1.70 bits per heavy atom. The van der Waals surface area contributed by atoms with Crippen LogP contribution in [0.2, 0.25) is 0 Å². The van der Waals surface area contributed by atoms with Crippen LogP contribution in [0.3, 0.4) is 0 Å². The first kappa shape index (κ1) is 14.7. The first-order valence-electron chi connectivity index (χ1n) is 8.41. The highest BCUT2D eigenvalue weighted by molar-refractivity contribution is 8.00. The second kappa shape index (κ2) is 6.27. The first-order chi connectivity index (χ1) is 9.68. The summed E-state index contributed by atoms with van der Waals surface area (Å²) in [4.78, 5) is 12.0. The van der Waals surface area contributed by atoms with Crippen molar-refractivity contribution in [2.75, 3.05) is 0 Å². The van der Waals surface area contributed by atoms with Crippen LogP contribution < -0.4 is 11.1 Å². The van der Waals surface area contributed by atoms with Gasteiger partial charge in [0.25, 0.3) is 0 Å². The van der Waals surface area contributed by atoms with Crippen molar-refractivity contribution in [3.63, 3.8) is 0 Å². The summed E-state index contributed by atoms with van der Waals surface area (Å²) in [6.07, 6.45) is 13.7. The van der Waals surface area contributed by atoms with E-state index in [0.717, 1.165) is 24.5 Å². The lowest BCUT2D eigenvalue weighted by atomic mass is 9.80. The molecule has 0 aromatic heterocycles. The highest BCUT2D eigenvalue weighted by Crippen LogP contribution is 2.41. The zero-order valence-corrected chi connectivity index (χ0v) is 13.2. The Bertz CT molecular complexity index is 352. The van der Waals surface area contributed by atoms with Crippen LogP contribution in [-0.4, -0.2) is 28.0 Å². The second-order valence-corrected chi connectivity index (χ2v) is 8.58. The van der Waals surface area contributed by atoms with Gasteiger partial charge in [0.2, 0.25) is 5.91 Å². The first-order valence-corrected chi connectivity index (χ1v) is 9.35. The third-order valence-electron chi connectivity index (χ3n) is 5.17. The highest BCUT2D eigenvalue weighted by Gasteiger charge is 2.44. The largest absolute Gasteiger partial charge is 0.368 e. The van der Waals surface area contributed by atoms with Crippen molar-refractivity contribution in [3.8, 4) is 0 Å². The van der Waals surface area contributed by atoms with E-state index in [1.54, 1.807) is 0 Å². The topological polar surface area (TPSA) is 55.1 Å². The van der Waals surface area contributed by atoms with Crippen LogP contribution >= 0.6 is 11.8 Å². The van der Waals surface area contributed by atoms with E-state index < -0.39 is 5.54 Å². The second-order valence-electron chi connectivity index (χ2n) is 6.98. The molecule has 0 saturated heterocycles. The average Bonchev–Trinajstić information content (AvgIpc) is 3.24. The molecule has 0 bridgehead atoms. The Hall–Kier alpha value is -0.220. The number of amides is 1. The van der Waals surface area contributed by atoms with Crippen LogP contribution in [-0.2, 0) is 4.79 Å². The molecule has 2 unspecified atom stereocenters. The van der Waals surface area contributed by atoms with Crippen molar-refractivity contribution in [3.05, 3.63) is 0 Å². The molecular weight excluding hydrogens is 268 g/mol. The molecule has 0 spiro atoms. The normalized spacial score (nSPS) is 35.9. The van der Waals surface area contributed by atoms with Gasteiger partial charge in [0.1, 0.15) is 0 Å². The zero-order chi connectivity index (χ0) is 14.0. The summed E-state index contributed by atoms with van der Waals surface area (Å²) in [5.74, 6) is -0.113. The minimum Gasteiger partial charge on any atom is -0.368 e. The molecule has 3 aliphatic rings. The molecule has 2 atom stereocenters. The fourth-order valence-electron chi connectivity index (χ4n) is 3.86. The highest BCUT2D eigenvalue weighted by atomic mass is 32.2. The van der Waals surface area contributed by atoms with Gasteiger partial charge in [0.15, 0.2) is 0 Å². The monoisotopic (exact) mass is 296 g/mol. The van der Waals surface area contributed by atoms with Gasteiger partial charge in [-0.2, -0.15) is 11.8 Å². The molecule has 4 heteroatoms. The summed E-state index contributed by atoms with van der Waals surface area (Å²) in [5.41, 5.74) is 5.37. The van der Waals surface area contributed by atoms with Crippen molar-refractivity contribution >= 4 is 17.7 Å². The predicted octanol–water partition coefficient (Wildman–Crippen LogP) is 2.97. The third kappa shape index (κ3) is 3.51. The fourth-order valence-corrected chi connectivity index (χ4v) is 5.69. The summed E-state index contributed by atoms with van der Waals surface area (Å²) >= 11 is 2.16. The van der Waals surface area contributed by atoms with Gasteiger partial charge in [-0.05, 0) is 51.4 Å².